The summed E-state index contributed by atoms with van der Waals surface area (Å²) in [6.07, 6.45) is 1.52. The first-order chi connectivity index (χ1) is 7.39. The number of halogens is 2. The van der Waals surface area contributed by atoms with Crippen LogP contribution in [0.15, 0.2) is 40.2 Å². The molecule has 0 aliphatic heterocycles. The lowest BCUT2D eigenvalue weighted by Gasteiger charge is -2.16. The summed E-state index contributed by atoms with van der Waals surface area (Å²) in [7, 11) is -2.06. The van der Waals surface area contributed by atoms with Crippen molar-refractivity contribution < 1.29 is 8.42 Å². The van der Waals surface area contributed by atoms with Crippen molar-refractivity contribution in [3.63, 3.8) is 0 Å². The van der Waals surface area contributed by atoms with E-state index in [1.807, 2.05) is 0 Å². The maximum Gasteiger partial charge on any atom is 0.244 e. The average Bonchev–Trinajstić information content (AvgIpc) is 2.17. The van der Waals surface area contributed by atoms with Crippen molar-refractivity contribution in [2.24, 2.45) is 0 Å². The van der Waals surface area contributed by atoms with Crippen LogP contribution in [-0.2, 0) is 10.0 Å². The normalized spacial score (nSPS) is 11.8. The zero-order chi connectivity index (χ0) is 12.3. The van der Waals surface area contributed by atoms with E-state index in [9.17, 15) is 8.42 Å². The van der Waals surface area contributed by atoms with Crippen LogP contribution in [0.5, 0.6) is 0 Å². The molecule has 0 aliphatic rings. The molecule has 0 saturated heterocycles. The second kappa shape index (κ2) is 5.31. The average molecular weight is 325 g/mol. The van der Waals surface area contributed by atoms with Gasteiger partial charge in [0, 0.05) is 18.1 Å². The Labute approximate surface area is 109 Å². The molecule has 0 bridgehead atoms. The molecule has 0 unspecified atom stereocenters. The lowest BCUT2D eigenvalue weighted by Crippen LogP contribution is -2.27. The third-order valence-electron chi connectivity index (χ3n) is 1.97. The highest BCUT2D eigenvalue weighted by Gasteiger charge is 2.22. The molecule has 88 valence electrons. The molecular formula is C10H11BrClNO2S. The molecule has 0 saturated carbocycles. The molecular weight excluding hydrogens is 314 g/mol. The van der Waals surface area contributed by atoms with E-state index in [0.717, 1.165) is 4.47 Å². The zero-order valence-electron chi connectivity index (χ0n) is 8.65. The topological polar surface area (TPSA) is 37.4 Å². The predicted molar refractivity (Wildman–Crippen MR) is 69.2 cm³/mol. The van der Waals surface area contributed by atoms with Gasteiger partial charge in [-0.3, -0.25) is 0 Å². The predicted octanol–water partition coefficient (Wildman–Crippen LogP) is 2.91. The third kappa shape index (κ3) is 2.85. The number of sulfonamides is 1. The molecule has 1 aromatic rings. The van der Waals surface area contributed by atoms with Gasteiger partial charge in [-0.15, -0.1) is 6.58 Å². The summed E-state index contributed by atoms with van der Waals surface area (Å²) >= 11 is 9.12. The van der Waals surface area contributed by atoms with Crippen molar-refractivity contribution in [2.75, 3.05) is 13.6 Å². The van der Waals surface area contributed by atoms with Crippen LogP contribution in [0.3, 0.4) is 0 Å². The molecule has 3 nitrogen and oxygen atoms in total. The lowest BCUT2D eigenvalue weighted by atomic mass is 10.4. The van der Waals surface area contributed by atoms with Crippen LogP contribution in [0.25, 0.3) is 0 Å². The maximum absolute atomic E-state index is 12.0. The minimum Gasteiger partial charge on any atom is -0.207 e. The monoisotopic (exact) mass is 323 g/mol. The molecule has 1 rings (SSSR count). The maximum atomic E-state index is 12.0. The summed E-state index contributed by atoms with van der Waals surface area (Å²) in [6, 6.07) is 4.66. The number of nitrogens with zero attached hydrogens (tertiary/aromatic N) is 1. The molecule has 16 heavy (non-hydrogen) atoms. The van der Waals surface area contributed by atoms with Crippen LogP contribution < -0.4 is 0 Å². The van der Waals surface area contributed by atoms with Gasteiger partial charge in [-0.2, -0.15) is 4.31 Å². The Morgan fingerprint density at radius 1 is 1.56 bits per heavy atom. The minimum atomic E-state index is -3.54. The Kier molecular flexibility index (Phi) is 4.55. The van der Waals surface area contributed by atoms with Crippen molar-refractivity contribution in [3.05, 3.63) is 40.3 Å². The molecule has 0 radical (unpaired) electrons. The smallest absolute Gasteiger partial charge is 0.207 e. The lowest BCUT2D eigenvalue weighted by molar-refractivity contribution is 0.499. The van der Waals surface area contributed by atoms with E-state index in [-0.39, 0.29) is 16.5 Å². The largest absolute Gasteiger partial charge is 0.244 e. The van der Waals surface area contributed by atoms with E-state index >= 15 is 0 Å². The highest BCUT2D eigenvalue weighted by Crippen LogP contribution is 2.27. The molecule has 1 aromatic carbocycles. The van der Waals surface area contributed by atoms with E-state index in [2.05, 4.69) is 22.5 Å². The van der Waals surface area contributed by atoms with Gasteiger partial charge in [0.1, 0.15) is 4.90 Å². The summed E-state index contributed by atoms with van der Waals surface area (Å²) < 4.78 is 26.0. The Balaban J connectivity index is 3.22. The molecule has 0 spiro atoms. The number of benzene rings is 1. The van der Waals surface area contributed by atoms with Gasteiger partial charge in [0.25, 0.3) is 0 Å². The summed E-state index contributed by atoms with van der Waals surface area (Å²) in [5.74, 6) is 0. The standard InChI is InChI=1S/C10H11BrClNO2S/c1-3-6-13(2)16(14,15)10-5-4-8(11)7-9(10)12/h3-5,7H,1,6H2,2H3. The van der Waals surface area contributed by atoms with Gasteiger partial charge in [-0.05, 0) is 18.2 Å². The molecule has 0 aliphatic carbocycles. The van der Waals surface area contributed by atoms with Crippen LogP contribution in [0.4, 0.5) is 0 Å². The summed E-state index contributed by atoms with van der Waals surface area (Å²) in [5, 5.41) is 0.199. The molecule has 0 atom stereocenters. The van der Waals surface area contributed by atoms with E-state index in [4.69, 9.17) is 11.6 Å². The Hall–Kier alpha value is -0.360. The van der Waals surface area contributed by atoms with E-state index in [1.54, 1.807) is 12.1 Å². The summed E-state index contributed by atoms with van der Waals surface area (Å²) in [4.78, 5) is 0.0988. The SMILES string of the molecule is C=CCN(C)S(=O)(=O)c1ccc(Br)cc1Cl. The number of hydrogen-bond donors (Lipinski definition) is 0. The Morgan fingerprint density at radius 2 is 2.19 bits per heavy atom. The van der Waals surface area contributed by atoms with Crippen molar-refractivity contribution in [1.29, 1.82) is 0 Å². The highest BCUT2D eigenvalue weighted by molar-refractivity contribution is 9.10. The Bertz CT molecular complexity index is 502. The minimum absolute atomic E-state index is 0.0988. The van der Waals surface area contributed by atoms with Crippen molar-refractivity contribution in [1.82, 2.24) is 4.31 Å². The van der Waals surface area contributed by atoms with Gasteiger partial charge in [-0.1, -0.05) is 33.6 Å². The van der Waals surface area contributed by atoms with Crippen LogP contribution >= 0.6 is 27.5 Å². The fourth-order valence-corrected chi connectivity index (χ4v) is 3.28. The third-order valence-corrected chi connectivity index (χ3v) is 4.77. The van der Waals surface area contributed by atoms with Gasteiger partial charge in [0.15, 0.2) is 0 Å². The zero-order valence-corrected chi connectivity index (χ0v) is 11.8. The number of rotatable bonds is 4. The summed E-state index contributed by atoms with van der Waals surface area (Å²) in [5.41, 5.74) is 0. The van der Waals surface area contributed by atoms with E-state index in [1.165, 1.54) is 23.5 Å². The van der Waals surface area contributed by atoms with Gasteiger partial charge >= 0.3 is 0 Å². The number of likely N-dealkylation sites (N-methyl/N-ethyl adjacent to an activating group) is 1. The van der Waals surface area contributed by atoms with Gasteiger partial charge in [0.05, 0.1) is 5.02 Å². The van der Waals surface area contributed by atoms with E-state index < -0.39 is 10.0 Å². The quantitative estimate of drug-likeness (QED) is 0.799. The second-order valence-corrected chi connectivity index (χ2v) is 6.49. The van der Waals surface area contributed by atoms with Crippen molar-refractivity contribution in [3.8, 4) is 0 Å². The highest BCUT2D eigenvalue weighted by atomic mass is 79.9. The van der Waals surface area contributed by atoms with Crippen LogP contribution in [0.2, 0.25) is 5.02 Å². The molecule has 0 heterocycles. The second-order valence-electron chi connectivity index (χ2n) is 3.15. The number of hydrogen-bond acceptors (Lipinski definition) is 2. The first kappa shape index (κ1) is 13.7. The Morgan fingerprint density at radius 3 is 2.69 bits per heavy atom. The molecule has 0 N–H and O–H groups in total. The molecule has 0 amide bonds. The van der Waals surface area contributed by atoms with Crippen molar-refractivity contribution >= 4 is 37.6 Å². The molecule has 6 heteroatoms. The van der Waals surface area contributed by atoms with Crippen LogP contribution in [0, 0.1) is 0 Å². The van der Waals surface area contributed by atoms with Crippen molar-refractivity contribution in [2.45, 2.75) is 4.90 Å². The van der Waals surface area contributed by atoms with Gasteiger partial charge < -0.3 is 0 Å². The van der Waals surface area contributed by atoms with Gasteiger partial charge in [0.2, 0.25) is 10.0 Å². The molecule has 0 fully saturated rings. The first-order valence-corrected chi connectivity index (χ1v) is 7.03. The fourth-order valence-electron chi connectivity index (χ4n) is 1.13. The van der Waals surface area contributed by atoms with E-state index in [0.29, 0.717) is 0 Å². The fraction of sp³-hybridized carbons (Fsp3) is 0.200. The summed E-state index contributed by atoms with van der Waals surface area (Å²) in [6.45, 7) is 3.74. The first-order valence-electron chi connectivity index (χ1n) is 4.42. The van der Waals surface area contributed by atoms with Gasteiger partial charge in [-0.25, -0.2) is 8.42 Å². The molecule has 0 aromatic heterocycles. The van der Waals surface area contributed by atoms with Crippen LogP contribution in [-0.4, -0.2) is 26.3 Å². The van der Waals surface area contributed by atoms with Crippen LogP contribution in [0.1, 0.15) is 0 Å².